The Balaban J connectivity index is 1.56. The van der Waals surface area contributed by atoms with Crippen LogP contribution in [0.25, 0.3) is 0 Å². The van der Waals surface area contributed by atoms with Gasteiger partial charge in [-0.05, 0) is 38.3 Å². The molecule has 1 aromatic rings. The van der Waals surface area contributed by atoms with Gasteiger partial charge in [-0.2, -0.15) is 0 Å². The van der Waals surface area contributed by atoms with Crippen molar-refractivity contribution >= 4 is 11.4 Å². The maximum atomic E-state index is 5.86. The lowest BCUT2D eigenvalue weighted by Gasteiger charge is -2.38. The van der Waals surface area contributed by atoms with Crippen molar-refractivity contribution in [1.29, 1.82) is 0 Å². The van der Waals surface area contributed by atoms with E-state index in [2.05, 4.69) is 41.4 Å². The second-order valence-corrected chi connectivity index (χ2v) is 5.61. The van der Waals surface area contributed by atoms with E-state index in [0.717, 1.165) is 32.7 Å². The Hall–Kier alpha value is -1.26. The Morgan fingerprint density at radius 2 is 2.25 bits per heavy atom. The van der Waals surface area contributed by atoms with E-state index in [1.807, 2.05) is 0 Å². The van der Waals surface area contributed by atoms with Crippen molar-refractivity contribution in [2.24, 2.45) is 0 Å². The van der Waals surface area contributed by atoms with Crippen molar-refractivity contribution < 1.29 is 9.47 Å². The van der Waals surface area contributed by atoms with E-state index >= 15 is 0 Å². The second-order valence-electron chi connectivity index (χ2n) is 5.61. The first-order valence-electron chi connectivity index (χ1n) is 7.67. The predicted molar refractivity (Wildman–Crippen MR) is 81.3 cm³/mol. The number of anilines is 2. The lowest BCUT2D eigenvalue weighted by Crippen LogP contribution is -2.44. The molecule has 0 spiro atoms. The molecule has 0 aliphatic carbocycles. The van der Waals surface area contributed by atoms with Gasteiger partial charge in [0.05, 0.1) is 18.0 Å². The van der Waals surface area contributed by atoms with Crippen LogP contribution in [0.1, 0.15) is 26.2 Å². The number of hydrogen-bond acceptors (Lipinski definition) is 4. The zero-order valence-electron chi connectivity index (χ0n) is 12.2. The fraction of sp³-hybridized carbons (Fsp3) is 0.625. The number of rotatable bonds is 4. The van der Waals surface area contributed by atoms with Gasteiger partial charge in [-0.1, -0.05) is 12.1 Å². The van der Waals surface area contributed by atoms with Crippen LogP contribution in [0.15, 0.2) is 24.3 Å². The molecule has 0 bridgehead atoms. The Morgan fingerprint density at radius 1 is 1.35 bits per heavy atom. The number of ether oxygens (including phenoxy) is 2. The number of benzene rings is 1. The molecule has 2 heterocycles. The molecule has 0 amide bonds. The highest BCUT2D eigenvalue weighted by Gasteiger charge is 2.22. The fourth-order valence-electron chi connectivity index (χ4n) is 2.94. The van der Waals surface area contributed by atoms with Gasteiger partial charge in [0.1, 0.15) is 0 Å². The highest BCUT2D eigenvalue weighted by molar-refractivity contribution is 5.72. The molecule has 3 rings (SSSR count). The molecule has 2 aliphatic rings. The Bertz CT molecular complexity index is 432. The normalized spacial score (nSPS) is 25.9. The van der Waals surface area contributed by atoms with Gasteiger partial charge in [0, 0.05) is 25.7 Å². The standard InChI is InChI=1S/C16H24N2O2/c1-13-12-17-14-6-2-3-7-15(14)18(13)9-11-20-16-8-4-5-10-19-16/h2-3,6-7,13,16-17H,4-5,8-12H2,1H3. The summed E-state index contributed by atoms with van der Waals surface area (Å²) in [4.78, 5) is 2.43. The topological polar surface area (TPSA) is 33.7 Å². The van der Waals surface area contributed by atoms with Crippen LogP contribution in [0.2, 0.25) is 0 Å². The predicted octanol–water partition coefficient (Wildman–Crippen LogP) is 2.85. The van der Waals surface area contributed by atoms with E-state index in [0.29, 0.717) is 6.04 Å². The van der Waals surface area contributed by atoms with E-state index in [1.165, 1.54) is 24.2 Å². The Labute approximate surface area is 121 Å². The summed E-state index contributed by atoms with van der Waals surface area (Å²) >= 11 is 0. The zero-order chi connectivity index (χ0) is 13.8. The third-order valence-corrected chi connectivity index (χ3v) is 4.11. The summed E-state index contributed by atoms with van der Waals surface area (Å²) < 4.78 is 11.5. The second kappa shape index (κ2) is 6.46. The van der Waals surface area contributed by atoms with E-state index in [1.54, 1.807) is 0 Å². The third kappa shape index (κ3) is 3.07. The first-order chi connectivity index (χ1) is 9.84. The minimum atomic E-state index is 0.0113. The van der Waals surface area contributed by atoms with Crippen LogP contribution in [0.3, 0.4) is 0 Å². The maximum absolute atomic E-state index is 5.86. The largest absolute Gasteiger partial charge is 0.381 e. The van der Waals surface area contributed by atoms with Crippen LogP contribution in [0, 0.1) is 0 Å². The summed E-state index contributed by atoms with van der Waals surface area (Å²) in [5, 5.41) is 3.47. The van der Waals surface area contributed by atoms with Crippen LogP contribution < -0.4 is 10.2 Å². The summed E-state index contributed by atoms with van der Waals surface area (Å²) in [6.07, 6.45) is 3.44. The molecule has 1 aromatic carbocycles. The quantitative estimate of drug-likeness (QED) is 0.917. The average molecular weight is 276 g/mol. The SMILES string of the molecule is CC1CNc2ccccc2N1CCOC1CCCCO1. The van der Waals surface area contributed by atoms with Gasteiger partial charge in [0.2, 0.25) is 0 Å². The number of hydrogen-bond donors (Lipinski definition) is 1. The van der Waals surface area contributed by atoms with Crippen molar-refractivity contribution in [2.75, 3.05) is 36.5 Å². The van der Waals surface area contributed by atoms with Gasteiger partial charge in [-0.3, -0.25) is 0 Å². The van der Waals surface area contributed by atoms with Crippen molar-refractivity contribution in [1.82, 2.24) is 0 Å². The summed E-state index contributed by atoms with van der Waals surface area (Å²) in [6, 6.07) is 8.97. The van der Waals surface area contributed by atoms with Crippen LogP contribution in [0.4, 0.5) is 11.4 Å². The molecule has 110 valence electrons. The van der Waals surface area contributed by atoms with Crippen LogP contribution in [-0.2, 0) is 9.47 Å². The molecule has 20 heavy (non-hydrogen) atoms. The highest BCUT2D eigenvalue weighted by Crippen LogP contribution is 2.30. The summed E-state index contributed by atoms with van der Waals surface area (Å²) in [5.74, 6) is 0. The number of para-hydroxylation sites is 2. The molecule has 1 saturated heterocycles. The Kier molecular flexibility index (Phi) is 4.43. The first kappa shape index (κ1) is 13.7. The Morgan fingerprint density at radius 3 is 3.10 bits per heavy atom. The van der Waals surface area contributed by atoms with Gasteiger partial charge >= 0.3 is 0 Å². The molecular formula is C16H24N2O2. The van der Waals surface area contributed by atoms with E-state index in [-0.39, 0.29) is 6.29 Å². The van der Waals surface area contributed by atoms with Gasteiger partial charge < -0.3 is 19.7 Å². The lowest BCUT2D eigenvalue weighted by atomic mass is 10.1. The number of nitrogens with one attached hydrogen (secondary N) is 1. The molecule has 2 aliphatic heterocycles. The van der Waals surface area contributed by atoms with E-state index < -0.39 is 0 Å². The van der Waals surface area contributed by atoms with Crippen molar-refractivity contribution in [3.63, 3.8) is 0 Å². The first-order valence-corrected chi connectivity index (χ1v) is 7.67. The monoisotopic (exact) mass is 276 g/mol. The molecule has 0 aromatic heterocycles. The van der Waals surface area contributed by atoms with Crippen molar-refractivity contribution in [3.8, 4) is 0 Å². The molecular weight excluding hydrogens is 252 g/mol. The van der Waals surface area contributed by atoms with Gasteiger partial charge in [0.25, 0.3) is 0 Å². The smallest absolute Gasteiger partial charge is 0.157 e. The molecule has 4 heteroatoms. The minimum Gasteiger partial charge on any atom is -0.381 e. The molecule has 2 unspecified atom stereocenters. The molecule has 0 radical (unpaired) electrons. The maximum Gasteiger partial charge on any atom is 0.157 e. The van der Waals surface area contributed by atoms with Crippen molar-refractivity contribution in [3.05, 3.63) is 24.3 Å². The number of fused-ring (bicyclic) bond motifs is 1. The summed E-state index contributed by atoms with van der Waals surface area (Å²) in [6.45, 7) is 5.72. The van der Waals surface area contributed by atoms with Gasteiger partial charge in [0.15, 0.2) is 6.29 Å². The molecule has 1 N–H and O–H groups in total. The van der Waals surface area contributed by atoms with E-state index in [9.17, 15) is 0 Å². The molecule has 0 saturated carbocycles. The molecule has 4 nitrogen and oxygen atoms in total. The van der Waals surface area contributed by atoms with Crippen molar-refractivity contribution in [2.45, 2.75) is 38.5 Å². The summed E-state index contributed by atoms with van der Waals surface area (Å²) in [7, 11) is 0. The molecule has 1 fully saturated rings. The highest BCUT2D eigenvalue weighted by atomic mass is 16.7. The average Bonchev–Trinajstić information content (AvgIpc) is 2.50. The minimum absolute atomic E-state index is 0.0113. The lowest BCUT2D eigenvalue weighted by molar-refractivity contribution is -0.160. The zero-order valence-corrected chi connectivity index (χ0v) is 12.2. The van der Waals surface area contributed by atoms with Gasteiger partial charge in [-0.15, -0.1) is 0 Å². The van der Waals surface area contributed by atoms with Gasteiger partial charge in [-0.25, -0.2) is 0 Å². The van der Waals surface area contributed by atoms with Crippen LogP contribution in [-0.4, -0.2) is 38.6 Å². The molecule has 2 atom stereocenters. The summed E-state index contributed by atoms with van der Waals surface area (Å²) in [5.41, 5.74) is 2.50. The fourth-order valence-corrected chi connectivity index (χ4v) is 2.94. The third-order valence-electron chi connectivity index (χ3n) is 4.11. The van der Waals surface area contributed by atoms with Crippen LogP contribution >= 0.6 is 0 Å². The van der Waals surface area contributed by atoms with Crippen LogP contribution in [0.5, 0.6) is 0 Å². The van der Waals surface area contributed by atoms with E-state index in [4.69, 9.17) is 9.47 Å². The number of nitrogens with zero attached hydrogens (tertiary/aromatic N) is 1.